The van der Waals surface area contributed by atoms with Crippen molar-refractivity contribution in [3.05, 3.63) is 34.9 Å². The summed E-state index contributed by atoms with van der Waals surface area (Å²) in [6.07, 6.45) is 3.29. The van der Waals surface area contributed by atoms with Crippen LogP contribution in [0, 0.1) is 17.2 Å². The molecule has 24 heavy (non-hydrogen) atoms. The lowest BCUT2D eigenvalue weighted by molar-refractivity contribution is -0.143. The average molecular weight is 348 g/mol. The van der Waals surface area contributed by atoms with Gasteiger partial charge in [0.2, 0.25) is 0 Å². The molecule has 1 aromatic rings. The van der Waals surface area contributed by atoms with Crippen LogP contribution in [0.1, 0.15) is 25.3 Å². The maximum Gasteiger partial charge on any atom is 0.328 e. The summed E-state index contributed by atoms with van der Waals surface area (Å²) in [5.74, 6) is -1.43. The minimum Gasteiger partial charge on any atom is -0.465 e. The molecular weight excluding hydrogens is 326 g/mol. The summed E-state index contributed by atoms with van der Waals surface area (Å²) in [4.78, 5) is 18.4. The van der Waals surface area contributed by atoms with E-state index in [2.05, 4.69) is 9.89 Å². The summed E-state index contributed by atoms with van der Waals surface area (Å²) in [5, 5.41) is 9.77. The molecule has 0 amide bonds. The molecule has 1 heterocycles. The number of benzene rings is 1. The summed E-state index contributed by atoms with van der Waals surface area (Å²) in [6.45, 7) is 4.79. The third-order valence-electron chi connectivity index (χ3n) is 4.00. The van der Waals surface area contributed by atoms with E-state index in [-0.39, 0.29) is 12.6 Å². The Balaban J connectivity index is 1.79. The molecule has 0 N–H and O–H groups in total. The second kappa shape index (κ2) is 9.41. The molecular formula is C18H22ClN3O2. The fraction of sp³-hybridized carbons (Fsp3) is 0.500. The van der Waals surface area contributed by atoms with Crippen LogP contribution in [0.4, 0.5) is 0 Å². The highest BCUT2D eigenvalue weighted by molar-refractivity contribution is 6.30. The first-order chi connectivity index (χ1) is 11.6. The van der Waals surface area contributed by atoms with Crippen LogP contribution >= 0.6 is 11.6 Å². The van der Waals surface area contributed by atoms with Gasteiger partial charge in [-0.15, -0.1) is 0 Å². The van der Waals surface area contributed by atoms with Gasteiger partial charge in [-0.3, -0.25) is 14.7 Å². The molecule has 5 nitrogen and oxygen atoms in total. The number of halogens is 1. The van der Waals surface area contributed by atoms with Gasteiger partial charge >= 0.3 is 5.97 Å². The summed E-state index contributed by atoms with van der Waals surface area (Å²) in [7, 11) is 0. The third kappa shape index (κ3) is 5.63. The first-order valence-electron chi connectivity index (χ1n) is 8.18. The van der Waals surface area contributed by atoms with Crippen molar-refractivity contribution in [1.29, 1.82) is 5.26 Å². The Hall–Kier alpha value is -1.90. The van der Waals surface area contributed by atoms with Crippen molar-refractivity contribution in [1.82, 2.24) is 4.90 Å². The zero-order chi connectivity index (χ0) is 17.4. The Morgan fingerprint density at radius 2 is 2.12 bits per heavy atom. The number of hydrogen-bond acceptors (Lipinski definition) is 5. The maximum atomic E-state index is 11.6. The van der Waals surface area contributed by atoms with Crippen molar-refractivity contribution in [3.8, 4) is 6.07 Å². The Labute approximate surface area is 147 Å². The third-order valence-corrected chi connectivity index (χ3v) is 4.25. The predicted octanol–water partition coefficient (Wildman–Crippen LogP) is 3.08. The van der Waals surface area contributed by atoms with Crippen LogP contribution < -0.4 is 0 Å². The summed E-state index contributed by atoms with van der Waals surface area (Å²) >= 11 is 5.90. The number of nitrogens with zero attached hydrogens (tertiary/aromatic N) is 3. The van der Waals surface area contributed by atoms with E-state index in [0.29, 0.717) is 0 Å². The van der Waals surface area contributed by atoms with Crippen LogP contribution in [0.5, 0.6) is 0 Å². The van der Waals surface area contributed by atoms with E-state index in [0.717, 1.165) is 37.5 Å². The fourth-order valence-corrected chi connectivity index (χ4v) is 2.79. The molecule has 0 unspecified atom stereocenters. The van der Waals surface area contributed by atoms with Crippen molar-refractivity contribution >= 4 is 23.8 Å². The molecule has 0 aromatic heterocycles. The predicted molar refractivity (Wildman–Crippen MR) is 94.0 cm³/mol. The molecule has 0 bridgehead atoms. The SMILES string of the molecule is CCOC(=O)[C@@H](C#N)C=NC1CCN(Cc2ccc(Cl)cc2)CC1. The zero-order valence-electron chi connectivity index (χ0n) is 13.8. The fourth-order valence-electron chi connectivity index (χ4n) is 2.66. The van der Waals surface area contributed by atoms with E-state index >= 15 is 0 Å². The maximum absolute atomic E-state index is 11.6. The zero-order valence-corrected chi connectivity index (χ0v) is 14.6. The normalized spacial score (nSPS) is 17.5. The van der Waals surface area contributed by atoms with Crippen molar-refractivity contribution in [2.75, 3.05) is 19.7 Å². The van der Waals surface area contributed by atoms with E-state index in [1.54, 1.807) is 6.92 Å². The van der Waals surface area contributed by atoms with Gasteiger partial charge in [-0.05, 0) is 37.5 Å². The molecule has 1 aliphatic heterocycles. The molecule has 1 atom stereocenters. The van der Waals surface area contributed by atoms with Crippen LogP contribution in [0.2, 0.25) is 5.02 Å². The van der Waals surface area contributed by atoms with E-state index < -0.39 is 11.9 Å². The second-order valence-electron chi connectivity index (χ2n) is 5.79. The number of carbonyl (C=O) groups is 1. The van der Waals surface area contributed by atoms with Gasteiger partial charge in [0.25, 0.3) is 0 Å². The standard InChI is InChI=1S/C18H22ClN3O2/c1-2-24-18(23)15(11-20)12-21-17-7-9-22(10-8-17)13-14-3-5-16(19)6-4-14/h3-6,12,15,17H,2,7-10,13H2,1H3/t15-/m0/s1. The molecule has 2 rings (SSSR count). The number of likely N-dealkylation sites (tertiary alicyclic amines) is 1. The average Bonchev–Trinajstić information content (AvgIpc) is 2.59. The first kappa shape index (κ1) is 18.4. The topological polar surface area (TPSA) is 65.7 Å². The molecule has 1 fully saturated rings. The summed E-state index contributed by atoms with van der Waals surface area (Å²) in [5.41, 5.74) is 1.24. The molecule has 1 aromatic carbocycles. The van der Waals surface area contributed by atoms with Crippen LogP contribution in [0.25, 0.3) is 0 Å². The Morgan fingerprint density at radius 3 is 2.71 bits per heavy atom. The lowest BCUT2D eigenvalue weighted by Gasteiger charge is -2.30. The smallest absolute Gasteiger partial charge is 0.328 e. The number of piperidine rings is 1. The van der Waals surface area contributed by atoms with Gasteiger partial charge in [0.15, 0.2) is 5.92 Å². The monoisotopic (exact) mass is 347 g/mol. The highest BCUT2D eigenvalue weighted by Crippen LogP contribution is 2.17. The first-order valence-corrected chi connectivity index (χ1v) is 8.56. The Morgan fingerprint density at radius 1 is 1.46 bits per heavy atom. The molecule has 128 valence electrons. The van der Waals surface area contributed by atoms with Crippen LogP contribution in [0.3, 0.4) is 0 Å². The second-order valence-corrected chi connectivity index (χ2v) is 6.23. The number of rotatable bonds is 6. The van der Waals surface area contributed by atoms with Gasteiger partial charge in [-0.25, -0.2) is 0 Å². The van der Waals surface area contributed by atoms with Gasteiger partial charge < -0.3 is 4.74 Å². The van der Waals surface area contributed by atoms with Gasteiger partial charge in [0.1, 0.15) is 0 Å². The minimum atomic E-state index is -0.906. The van der Waals surface area contributed by atoms with Crippen molar-refractivity contribution in [2.45, 2.75) is 32.4 Å². The van der Waals surface area contributed by atoms with Gasteiger partial charge in [0, 0.05) is 30.9 Å². The Kier molecular flexibility index (Phi) is 7.23. The molecule has 0 radical (unpaired) electrons. The molecule has 0 saturated carbocycles. The number of carbonyl (C=O) groups excluding carboxylic acids is 1. The van der Waals surface area contributed by atoms with Crippen LogP contribution in [0.15, 0.2) is 29.3 Å². The number of hydrogen-bond donors (Lipinski definition) is 0. The van der Waals surface area contributed by atoms with Crippen molar-refractivity contribution in [2.24, 2.45) is 10.9 Å². The van der Waals surface area contributed by atoms with Gasteiger partial charge in [-0.1, -0.05) is 23.7 Å². The molecule has 0 aliphatic carbocycles. The van der Waals surface area contributed by atoms with Gasteiger partial charge in [-0.2, -0.15) is 5.26 Å². The lowest BCUT2D eigenvalue weighted by Crippen LogP contribution is -2.35. The summed E-state index contributed by atoms with van der Waals surface area (Å²) in [6, 6.07) is 10.00. The molecule has 1 saturated heterocycles. The van der Waals surface area contributed by atoms with E-state index in [1.807, 2.05) is 30.3 Å². The number of ether oxygens (including phenoxy) is 1. The number of aliphatic imine (C=N–C) groups is 1. The number of nitriles is 1. The van der Waals surface area contributed by atoms with Crippen LogP contribution in [-0.4, -0.2) is 42.8 Å². The highest BCUT2D eigenvalue weighted by atomic mass is 35.5. The van der Waals surface area contributed by atoms with Crippen molar-refractivity contribution < 1.29 is 9.53 Å². The molecule has 0 spiro atoms. The van der Waals surface area contributed by atoms with Crippen LogP contribution in [-0.2, 0) is 16.1 Å². The van der Waals surface area contributed by atoms with E-state index in [1.165, 1.54) is 11.8 Å². The lowest BCUT2D eigenvalue weighted by atomic mass is 10.0. The largest absolute Gasteiger partial charge is 0.465 e. The van der Waals surface area contributed by atoms with Crippen molar-refractivity contribution in [3.63, 3.8) is 0 Å². The number of esters is 1. The quantitative estimate of drug-likeness (QED) is 0.586. The minimum absolute atomic E-state index is 0.164. The highest BCUT2D eigenvalue weighted by Gasteiger charge is 2.20. The molecule has 6 heteroatoms. The Bertz CT molecular complexity index is 602. The molecule has 1 aliphatic rings. The van der Waals surface area contributed by atoms with E-state index in [4.69, 9.17) is 21.6 Å². The van der Waals surface area contributed by atoms with E-state index in [9.17, 15) is 4.79 Å². The van der Waals surface area contributed by atoms with Gasteiger partial charge in [0.05, 0.1) is 18.7 Å². The summed E-state index contributed by atoms with van der Waals surface area (Å²) < 4.78 is 4.86.